The van der Waals surface area contributed by atoms with Crippen LogP contribution in [0.5, 0.6) is 0 Å². The molecule has 0 saturated carbocycles. The Hall–Kier alpha value is -5.44. The van der Waals surface area contributed by atoms with Crippen LogP contribution >= 0.6 is 0 Å². The fraction of sp³-hybridized carbons (Fsp3) is 0.0606. The van der Waals surface area contributed by atoms with E-state index in [-0.39, 0.29) is 16.8 Å². The summed E-state index contributed by atoms with van der Waals surface area (Å²) >= 11 is 0. The molecule has 9 heteroatoms. The number of aromatic nitrogens is 2. The zero-order valence-corrected chi connectivity index (χ0v) is 22.1. The Labute approximate surface area is 237 Å². The van der Waals surface area contributed by atoms with E-state index in [0.717, 1.165) is 55.9 Å². The topological polar surface area (TPSA) is 66.7 Å². The number of nitrogens with zero attached hydrogens (tertiary/aromatic N) is 3. The van der Waals surface area contributed by atoms with Gasteiger partial charge in [0.2, 0.25) is 0 Å². The van der Waals surface area contributed by atoms with Gasteiger partial charge in [0, 0.05) is 28.1 Å². The second-order valence-electron chi connectivity index (χ2n) is 9.99. The Morgan fingerprint density at radius 1 is 0.786 bits per heavy atom. The van der Waals surface area contributed by atoms with Gasteiger partial charge in [0.15, 0.2) is 0 Å². The van der Waals surface area contributed by atoms with Crippen molar-refractivity contribution in [2.45, 2.75) is 13.1 Å². The van der Waals surface area contributed by atoms with Crippen LogP contribution in [-0.4, -0.2) is 21.2 Å². The molecule has 0 atom stereocenters. The molecule has 0 saturated heterocycles. The van der Waals surface area contributed by atoms with Crippen molar-refractivity contribution in [2.75, 3.05) is 10.2 Å². The lowest BCUT2D eigenvalue weighted by molar-refractivity contribution is -0.137. The van der Waals surface area contributed by atoms with Crippen LogP contribution in [0.1, 0.15) is 27.3 Å². The SMILES string of the molecule is Cc1nc2ccccc2c2c(N/C=C3/C(=O)N(c4cccc(C(F)(F)F)c4)C(=O)c4ccccc43)c3ccccc3n12. The summed E-state index contributed by atoms with van der Waals surface area (Å²) in [6, 6.07) is 26.3. The molecule has 1 N–H and O–H groups in total. The molecule has 42 heavy (non-hydrogen) atoms. The summed E-state index contributed by atoms with van der Waals surface area (Å²) in [6.45, 7) is 1.92. The number of aryl methyl sites for hydroxylation is 1. The van der Waals surface area contributed by atoms with E-state index in [1.165, 1.54) is 18.3 Å². The highest BCUT2D eigenvalue weighted by Crippen LogP contribution is 2.39. The molecular weight excluding hydrogens is 541 g/mol. The molecule has 1 aliphatic rings. The van der Waals surface area contributed by atoms with Gasteiger partial charge in [-0.2, -0.15) is 13.2 Å². The number of amides is 2. The Bertz CT molecular complexity index is 2130. The van der Waals surface area contributed by atoms with Crippen molar-refractivity contribution in [3.05, 3.63) is 126 Å². The van der Waals surface area contributed by atoms with E-state index < -0.39 is 23.6 Å². The summed E-state index contributed by atoms with van der Waals surface area (Å²) in [7, 11) is 0. The van der Waals surface area contributed by atoms with Gasteiger partial charge in [-0.05, 0) is 43.3 Å². The maximum Gasteiger partial charge on any atom is 0.416 e. The van der Waals surface area contributed by atoms with Crippen LogP contribution in [0.3, 0.4) is 0 Å². The molecule has 6 aromatic rings. The predicted octanol–water partition coefficient (Wildman–Crippen LogP) is 7.61. The lowest BCUT2D eigenvalue weighted by Crippen LogP contribution is -2.42. The number of halogens is 3. The normalized spacial score (nSPS) is 14.8. The van der Waals surface area contributed by atoms with E-state index in [2.05, 4.69) is 5.32 Å². The number of fused-ring (bicyclic) bond motifs is 6. The van der Waals surface area contributed by atoms with Crippen molar-refractivity contribution in [2.24, 2.45) is 0 Å². The van der Waals surface area contributed by atoms with Gasteiger partial charge in [-0.3, -0.25) is 14.0 Å². The molecule has 0 fully saturated rings. The van der Waals surface area contributed by atoms with Crippen molar-refractivity contribution < 1.29 is 22.8 Å². The van der Waals surface area contributed by atoms with Crippen LogP contribution < -0.4 is 10.2 Å². The van der Waals surface area contributed by atoms with Crippen molar-refractivity contribution in [1.82, 2.24) is 9.38 Å². The number of benzene rings is 4. The molecule has 3 heterocycles. The third-order valence-electron chi connectivity index (χ3n) is 7.52. The number of alkyl halides is 3. The highest BCUT2D eigenvalue weighted by molar-refractivity contribution is 6.41. The largest absolute Gasteiger partial charge is 0.416 e. The van der Waals surface area contributed by atoms with Crippen LogP contribution in [0.15, 0.2) is 103 Å². The molecule has 6 nitrogen and oxygen atoms in total. The Kier molecular flexibility index (Phi) is 5.65. The maximum absolute atomic E-state index is 13.9. The van der Waals surface area contributed by atoms with Gasteiger partial charge in [0.05, 0.1) is 39.1 Å². The van der Waals surface area contributed by atoms with E-state index in [0.29, 0.717) is 5.56 Å². The van der Waals surface area contributed by atoms with Crippen molar-refractivity contribution in [3.8, 4) is 0 Å². The number of hydrogen-bond acceptors (Lipinski definition) is 4. The number of imide groups is 1. The standard InChI is InChI=1S/C33H21F3N4O2/c1-19-38-27-15-6-4-13-24(27)30-29(25-14-5-7-16-28(25)39(19)30)37-18-26-22-11-2-3-12-23(22)31(41)40(32(26)42)21-10-8-9-20(17-21)33(34,35)36/h2-18,37H,1H3/b26-18+. The first-order chi connectivity index (χ1) is 20.2. The smallest absolute Gasteiger partial charge is 0.359 e. The molecule has 0 spiro atoms. The molecule has 0 unspecified atom stereocenters. The van der Waals surface area contributed by atoms with Crippen LogP contribution in [0.25, 0.3) is 32.9 Å². The summed E-state index contributed by atoms with van der Waals surface area (Å²) in [5, 5.41) is 5.13. The zero-order valence-electron chi connectivity index (χ0n) is 22.1. The fourth-order valence-corrected chi connectivity index (χ4v) is 5.67. The first-order valence-corrected chi connectivity index (χ1v) is 13.1. The third kappa shape index (κ3) is 3.85. The molecule has 2 amide bonds. The van der Waals surface area contributed by atoms with Gasteiger partial charge in [-0.25, -0.2) is 9.88 Å². The number of para-hydroxylation sites is 2. The van der Waals surface area contributed by atoms with Gasteiger partial charge in [-0.1, -0.05) is 60.7 Å². The number of anilines is 2. The zero-order chi connectivity index (χ0) is 29.2. The minimum absolute atomic E-state index is 0.140. The minimum Gasteiger partial charge on any atom is -0.359 e. The first-order valence-electron chi connectivity index (χ1n) is 13.1. The first kappa shape index (κ1) is 25.5. The monoisotopic (exact) mass is 562 g/mol. The van der Waals surface area contributed by atoms with Crippen molar-refractivity contribution >= 4 is 56.1 Å². The fourth-order valence-electron chi connectivity index (χ4n) is 5.67. The number of hydrogen-bond donors (Lipinski definition) is 1. The number of nitrogens with one attached hydrogen (secondary N) is 1. The maximum atomic E-state index is 13.9. The Balaban J connectivity index is 1.43. The molecule has 0 bridgehead atoms. The van der Waals surface area contributed by atoms with Gasteiger partial charge in [0.25, 0.3) is 11.8 Å². The second kappa shape index (κ2) is 9.31. The highest BCUT2D eigenvalue weighted by atomic mass is 19.4. The number of carbonyl (C=O) groups excluding carboxylic acids is 2. The molecule has 2 aromatic heterocycles. The van der Waals surface area contributed by atoms with Crippen LogP contribution in [0.4, 0.5) is 24.5 Å². The Morgan fingerprint density at radius 3 is 2.26 bits per heavy atom. The van der Waals surface area contributed by atoms with Crippen LogP contribution in [0.2, 0.25) is 0 Å². The average molecular weight is 563 g/mol. The number of carbonyl (C=O) groups is 2. The molecule has 0 radical (unpaired) electrons. The van der Waals surface area contributed by atoms with Gasteiger partial charge in [-0.15, -0.1) is 0 Å². The van der Waals surface area contributed by atoms with Crippen molar-refractivity contribution in [3.63, 3.8) is 0 Å². The van der Waals surface area contributed by atoms with E-state index in [1.54, 1.807) is 24.3 Å². The van der Waals surface area contributed by atoms with Crippen molar-refractivity contribution in [1.29, 1.82) is 0 Å². The molecule has 4 aromatic carbocycles. The summed E-state index contributed by atoms with van der Waals surface area (Å²) in [5.74, 6) is -0.651. The Morgan fingerprint density at radius 2 is 1.48 bits per heavy atom. The predicted molar refractivity (Wildman–Crippen MR) is 156 cm³/mol. The van der Waals surface area contributed by atoms with E-state index in [4.69, 9.17) is 4.98 Å². The second-order valence-corrected chi connectivity index (χ2v) is 9.99. The summed E-state index contributed by atoms with van der Waals surface area (Å²) < 4.78 is 42.6. The van der Waals surface area contributed by atoms with Gasteiger partial charge in [0.1, 0.15) is 5.82 Å². The summed E-state index contributed by atoms with van der Waals surface area (Å²) in [5.41, 5.74) is 2.94. The number of rotatable bonds is 3. The van der Waals surface area contributed by atoms with Crippen LogP contribution in [-0.2, 0) is 11.0 Å². The third-order valence-corrected chi connectivity index (χ3v) is 7.52. The minimum atomic E-state index is -4.64. The van der Waals surface area contributed by atoms with E-state index >= 15 is 0 Å². The van der Waals surface area contributed by atoms with Crippen LogP contribution in [0, 0.1) is 6.92 Å². The highest BCUT2D eigenvalue weighted by Gasteiger charge is 2.38. The van der Waals surface area contributed by atoms with Gasteiger partial charge < -0.3 is 5.32 Å². The molecular formula is C33H21F3N4O2. The summed E-state index contributed by atoms with van der Waals surface area (Å²) in [4.78, 5) is 33.0. The van der Waals surface area contributed by atoms with E-state index in [9.17, 15) is 22.8 Å². The lowest BCUT2D eigenvalue weighted by Gasteiger charge is -2.29. The summed E-state index contributed by atoms with van der Waals surface area (Å²) in [6.07, 6.45) is -3.11. The lowest BCUT2D eigenvalue weighted by atomic mass is 9.93. The average Bonchev–Trinajstić information content (AvgIpc) is 3.32. The molecule has 0 aliphatic carbocycles. The quantitative estimate of drug-likeness (QED) is 0.178. The van der Waals surface area contributed by atoms with Gasteiger partial charge >= 0.3 is 6.18 Å². The molecule has 1 aliphatic heterocycles. The molecule has 206 valence electrons. The van der Waals surface area contributed by atoms with E-state index in [1.807, 2.05) is 59.9 Å². The molecule has 7 rings (SSSR count).